The monoisotopic (exact) mass is 238 g/mol. The number of halogens is 2. The van der Waals surface area contributed by atoms with Crippen LogP contribution in [0.4, 0.5) is 8.78 Å². The smallest absolute Gasteiger partial charge is 0.317 e. The molecule has 1 aromatic rings. The summed E-state index contributed by atoms with van der Waals surface area (Å²) in [4.78, 5) is 10.8. The molecule has 0 fully saturated rings. The van der Waals surface area contributed by atoms with Gasteiger partial charge in [-0.15, -0.1) is 0 Å². The van der Waals surface area contributed by atoms with Crippen LogP contribution < -0.4 is 0 Å². The van der Waals surface area contributed by atoms with Crippen LogP contribution in [0.2, 0.25) is 0 Å². The Morgan fingerprint density at radius 2 is 1.94 bits per heavy atom. The first-order valence-electron chi connectivity index (χ1n) is 5.33. The van der Waals surface area contributed by atoms with Crippen LogP contribution >= 0.6 is 0 Å². The van der Waals surface area contributed by atoms with Crippen molar-refractivity contribution in [3.8, 4) is 0 Å². The van der Waals surface area contributed by atoms with Crippen molar-refractivity contribution in [2.24, 2.45) is 5.92 Å². The number of hydrogen-bond acceptors (Lipinski definition) is 2. The van der Waals surface area contributed by atoms with Crippen LogP contribution in [-0.4, -0.2) is 18.3 Å². The van der Waals surface area contributed by atoms with E-state index in [1.165, 1.54) is 6.08 Å². The third-order valence-electron chi connectivity index (χ3n) is 2.68. The van der Waals surface area contributed by atoms with Crippen molar-refractivity contribution < 1.29 is 18.3 Å². The molecule has 0 aromatic heterocycles. The van der Waals surface area contributed by atoms with Gasteiger partial charge in [-0.1, -0.05) is 36.4 Å². The second-order valence-corrected chi connectivity index (χ2v) is 3.95. The maximum Gasteiger partial charge on any atom is 0.317 e. The SMILES string of the molecule is O=C1C=CC(COCc2ccccc2)C1(F)F. The number of allylic oxidation sites excluding steroid dienone is 1. The highest BCUT2D eigenvalue weighted by molar-refractivity contribution is 5.98. The maximum atomic E-state index is 13.2. The predicted octanol–water partition coefficient (Wildman–Crippen LogP) is 2.59. The van der Waals surface area contributed by atoms with Crippen LogP contribution in [0, 0.1) is 5.92 Å². The fraction of sp³-hybridized carbons (Fsp3) is 0.308. The summed E-state index contributed by atoms with van der Waals surface area (Å²) in [6, 6.07) is 9.29. The van der Waals surface area contributed by atoms with Crippen LogP contribution in [0.5, 0.6) is 0 Å². The van der Waals surface area contributed by atoms with E-state index in [0.29, 0.717) is 0 Å². The molecule has 1 aromatic carbocycles. The lowest BCUT2D eigenvalue weighted by atomic mass is 10.1. The second kappa shape index (κ2) is 4.75. The van der Waals surface area contributed by atoms with Gasteiger partial charge in [-0.05, 0) is 11.6 Å². The number of carbonyl (C=O) groups is 1. The molecule has 0 aliphatic heterocycles. The summed E-state index contributed by atoms with van der Waals surface area (Å²) in [5, 5.41) is 0. The van der Waals surface area contributed by atoms with E-state index >= 15 is 0 Å². The summed E-state index contributed by atoms with van der Waals surface area (Å²) in [7, 11) is 0. The molecule has 1 unspecified atom stereocenters. The number of carbonyl (C=O) groups excluding carboxylic acids is 1. The Bertz CT molecular complexity index is 426. The number of alkyl halides is 2. The Kier molecular flexibility index (Phi) is 3.33. The highest BCUT2D eigenvalue weighted by Gasteiger charge is 2.48. The fourth-order valence-corrected chi connectivity index (χ4v) is 1.66. The summed E-state index contributed by atoms with van der Waals surface area (Å²) in [5.74, 6) is -5.58. The van der Waals surface area contributed by atoms with Crippen molar-refractivity contribution in [2.45, 2.75) is 12.5 Å². The van der Waals surface area contributed by atoms with E-state index in [1.807, 2.05) is 30.3 Å². The zero-order chi connectivity index (χ0) is 12.3. The van der Waals surface area contributed by atoms with Gasteiger partial charge < -0.3 is 4.74 Å². The molecule has 17 heavy (non-hydrogen) atoms. The molecule has 0 heterocycles. The van der Waals surface area contributed by atoms with Gasteiger partial charge in [0.25, 0.3) is 0 Å². The molecule has 2 rings (SSSR count). The Labute approximate surface area is 97.9 Å². The quantitative estimate of drug-likeness (QED) is 0.806. The standard InChI is InChI=1S/C13H12F2O2/c14-13(15)11(6-7-12(13)16)9-17-8-10-4-2-1-3-5-10/h1-7,11H,8-9H2. The topological polar surface area (TPSA) is 26.3 Å². The zero-order valence-electron chi connectivity index (χ0n) is 9.11. The van der Waals surface area contributed by atoms with Crippen LogP contribution in [0.15, 0.2) is 42.5 Å². The summed E-state index contributed by atoms with van der Waals surface area (Å²) in [5.41, 5.74) is 0.920. The summed E-state index contributed by atoms with van der Waals surface area (Å²) in [6.07, 6.45) is 2.14. The summed E-state index contributed by atoms with van der Waals surface area (Å²) >= 11 is 0. The van der Waals surface area contributed by atoms with Gasteiger partial charge >= 0.3 is 5.92 Å². The van der Waals surface area contributed by atoms with Crippen molar-refractivity contribution in [3.63, 3.8) is 0 Å². The molecule has 0 spiro atoms. The van der Waals surface area contributed by atoms with Gasteiger partial charge in [0.1, 0.15) is 0 Å². The highest BCUT2D eigenvalue weighted by atomic mass is 19.3. The second-order valence-electron chi connectivity index (χ2n) is 3.95. The fourth-order valence-electron chi connectivity index (χ4n) is 1.66. The van der Waals surface area contributed by atoms with Gasteiger partial charge in [0.15, 0.2) is 0 Å². The lowest BCUT2D eigenvalue weighted by Gasteiger charge is -2.17. The van der Waals surface area contributed by atoms with E-state index in [2.05, 4.69) is 0 Å². The van der Waals surface area contributed by atoms with Crippen molar-refractivity contribution in [1.82, 2.24) is 0 Å². The molecule has 2 nitrogen and oxygen atoms in total. The van der Waals surface area contributed by atoms with E-state index in [4.69, 9.17) is 4.74 Å². The molecular weight excluding hydrogens is 226 g/mol. The lowest BCUT2D eigenvalue weighted by Crippen LogP contribution is -2.33. The van der Waals surface area contributed by atoms with Crippen LogP contribution in [0.1, 0.15) is 5.56 Å². The number of ether oxygens (including phenoxy) is 1. The van der Waals surface area contributed by atoms with E-state index in [-0.39, 0.29) is 13.2 Å². The normalized spacial score (nSPS) is 22.0. The molecule has 0 N–H and O–H groups in total. The van der Waals surface area contributed by atoms with Gasteiger partial charge in [0.2, 0.25) is 5.78 Å². The first-order valence-corrected chi connectivity index (χ1v) is 5.33. The van der Waals surface area contributed by atoms with E-state index in [0.717, 1.165) is 11.6 Å². The Balaban J connectivity index is 1.84. The van der Waals surface area contributed by atoms with Gasteiger partial charge in [-0.2, -0.15) is 8.78 Å². The van der Waals surface area contributed by atoms with Crippen LogP contribution in [-0.2, 0) is 16.1 Å². The third-order valence-corrected chi connectivity index (χ3v) is 2.68. The molecule has 0 amide bonds. The van der Waals surface area contributed by atoms with Gasteiger partial charge in [0, 0.05) is 0 Å². The summed E-state index contributed by atoms with van der Waals surface area (Å²) in [6.45, 7) is 0.125. The highest BCUT2D eigenvalue weighted by Crippen LogP contribution is 2.32. The number of hydrogen-bond donors (Lipinski definition) is 0. The minimum Gasteiger partial charge on any atom is -0.376 e. The molecule has 0 bridgehead atoms. The number of benzene rings is 1. The molecule has 1 aliphatic rings. The van der Waals surface area contributed by atoms with Crippen molar-refractivity contribution in [3.05, 3.63) is 48.0 Å². The molecule has 1 atom stereocenters. The maximum absolute atomic E-state index is 13.2. The van der Waals surface area contributed by atoms with Crippen molar-refractivity contribution in [1.29, 1.82) is 0 Å². The van der Waals surface area contributed by atoms with Crippen LogP contribution in [0.25, 0.3) is 0 Å². The summed E-state index contributed by atoms with van der Waals surface area (Å²) < 4.78 is 31.7. The average Bonchev–Trinajstić information content (AvgIpc) is 2.57. The molecule has 90 valence electrons. The largest absolute Gasteiger partial charge is 0.376 e. The molecule has 0 saturated carbocycles. The molecule has 0 saturated heterocycles. The van der Waals surface area contributed by atoms with E-state index < -0.39 is 17.6 Å². The Hall–Kier alpha value is -1.55. The molecular formula is C13H12F2O2. The zero-order valence-corrected chi connectivity index (χ0v) is 9.11. The third kappa shape index (κ3) is 2.58. The van der Waals surface area contributed by atoms with Gasteiger partial charge in [0.05, 0.1) is 19.1 Å². The minimum atomic E-state index is -3.31. The average molecular weight is 238 g/mol. The van der Waals surface area contributed by atoms with Gasteiger partial charge in [-0.3, -0.25) is 4.79 Å². The van der Waals surface area contributed by atoms with Crippen molar-refractivity contribution >= 4 is 5.78 Å². The Morgan fingerprint density at radius 1 is 1.24 bits per heavy atom. The number of rotatable bonds is 4. The minimum absolute atomic E-state index is 0.149. The number of ketones is 1. The first kappa shape index (κ1) is 11.9. The Morgan fingerprint density at radius 3 is 2.53 bits per heavy atom. The predicted molar refractivity (Wildman–Crippen MR) is 58.7 cm³/mol. The lowest BCUT2D eigenvalue weighted by molar-refractivity contribution is -0.143. The van der Waals surface area contributed by atoms with Crippen LogP contribution in [0.3, 0.4) is 0 Å². The molecule has 1 aliphatic carbocycles. The molecule has 0 radical (unpaired) electrons. The van der Waals surface area contributed by atoms with E-state index in [1.54, 1.807) is 0 Å². The first-order chi connectivity index (χ1) is 8.10. The van der Waals surface area contributed by atoms with Crippen molar-refractivity contribution in [2.75, 3.05) is 6.61 Å². The van der Waals surface area contributed by atoms with Gasteiger partial charge in [-0.25, -0.2) is 0 Å². The molecule has 4 heteroatoms. The van der Waals surface area contributed by atoms with E-state index in [9.17, 15) is 13.6 Å².